The van der Waals surface area contributed by atoms with E-state index in [1.165, 1.54) is 10.4 Å². The van der Waals surface area contributed by atoms with E-state index in [4.69, 9.17) is 16.3 Å². The van der Waals surface area contributed by atoms with Gasteiger partial charge in [-0.3, -0.25) is 4.79 Å². The van der Waals surface area contributed by atoms with Crippen LogP contribution in [-0.4, -0.2) is 23.5 Å². The van der Waals surface area contributed by atoms with E-state index in [-0.39, 0.29) is 11.9 Å². The number of amides is 1. The van der Waals surface area contributed by atoms with Gasteiger partial charge in [-0.2, -0.15) is 0 Å². The number of hydrogen-bond donors (Lipinski definition) is 0. The van der Waals surface area contributed by atoms with E-state index >= 15 is 0 Å². The number of carbonyl (C=O) groups is 1. The molecule has 2 aliphatic heterocycles. The van der Waals surface area contributed by atoms with Crippen molar-refractivity contribution < 1.29 is 9.53 Å². The van der Waals surface area contributed by atoms with E-state index in [2.05, 4.69) is 18.4 Å². The molecule has 2 aliphatic rings. The molecule has 1 aromatic carbocycles. The normalized spacial score (nSPS) is 22.4. The summed E-state index contributed by atoms with van der Waals surface area (Å²) in [5, 5.41) is 2.82. The van der Waals surface area contributed by atoms with Crippen LogP contribution in [0.2, 0.25) is 5.02 Å². The van der Waals surface area contributed by atoms with Gasteiger partial charge in [0.2, 0.25) is 0 Å². The summed E-state index contributed by atoms with van der Waals surface area (Å²) in [6, 6.07) is 7.90. The van der Waals surface area contributed by atoms with Gasteiger partial charge in [-0.15, -0.1) is 11.3 Å². The molecule has 5 heteroatoms. The van der Waals surface area contributed by atoms with Crippen LogP contribution in [0.5, 0.6) is 5.75 Å². The second kappa shape index (κ2) is 5.84. The molecule has 1 amide bonds. The van der Waals surface area contributed by atoms with Crippen molar-refractivity contribution in [2.45, 2.75) is 38.3 Å². The van der Waals surface area contributed by atoms with Gasteiger partial charge in [-0.05, 0) is 53.6 Å². The fourth-order valence-electron chi connectivity index (χ4n) is 3.64. The third-order valence-corrected chi connectivity index (χ3v) is 5.97. The molecule has 3 nitrogen and oxygen atoms in total. The Hall–Kier alpha value is -1.52. The number of fused-ring (bicyclic) bond motifs is 2. The summed E-state index contributed by atoms with van der Waals surface area (Å²) in [7, 11) is 0. The zero-order valence-electron chi connectivity index (χ0n) is 12.9. The first kappa shape index (κ1) is 15.0. The topological polar surface area (TPSA) is 29.5 Å². The second-order valence-electron chi connectivity index (χ2n) is 6.07. The molecule has 0 N–H and O–H groups in total. The van der Waals surface area contributed by atoms with Gasteiger partial charge in [-0.25, -0.2) is 0 Å². The molecule has 2 atom stereocenters. The van der Waals surface area contributed by atoms with Gasteiger partial charge in [-0.1, -0.05) is 18.5 Å². The molecule has 23 heavy (non-hydrogen) atoms. The van der Waals surface area contributed by atoms with Crippen molar-refractivity contribution in [1.82, 2.24) is 4.90 Å². The Bertz CT molecular complexity index is 757. The van der Waals surface area contributed by atoms with Crippen LogP contribution in [0.3, 0.4) is 0 Å². The number of thiophene rings is 1. The van der Waals surface area contributed by atoms with E-state index in [0.717, 1.165) is 30.7 Å². The van der Waals surface area contributed by atoms with Crippen LogP contribution in [0.4, 0.5) is 0 Å². The molecule has 0 bridgehead atoms. The van der Waals surface area contributed by atoms with Crippen LogP contribution in [0.1, 0.15) is 35.4 Å². The van der Waals surface area contributed by atoms with Gasteiger partial charge < -0.3 is 9.64 Å². The van der Waals surface area contributed by atoms with E-state index in [1.54, 1.807) is 17.4 Å². The molecular formula is C18H18ClNO2S. The minimum absolute atomic E-state index is 0.0982. The van der Waals surface area contributed by atoms with Gasteiger partial charge >= 0.3 is 0 Å². The predicted octanol–water partition coefficient (Wildman–Crippen LogP) is 4.24. The molecule has 3 heterocycles. The summed E-state index contributed by atoms with van der Waals surface area (Å²) in [4.78, 5) is 16.5. The van der Waals surface area contributed by atoms with Crippen LogP contribution >= 0.6 is 22.9 Å². The maximum atomic E-state index is 13.0. The Morgan fingerprint density at radius 2 is 2.30 bits per heavy atom. The smallest absolute Gasteiger partial charge is 0.264 e. The summed E-state index contributed by atoms with van der Waals surface area (Å²) in [5.41, 5.74) is 2.34. The third-order valence-electron chi connectivity index (χ3n) is 4.74. The number of benzene rings is 1. The highest BCUT2D eigenvalue weighted by atomic mass is 35.5. The van der Waals surface area contributed by atoms with Crippen LogP contribution in [-0.2, 0) is 17.6 Å². The SMILES string of the molecule is CC[C@H]1c2ccsc2CCN1C(=O)[C@H]1Cc2cc(Cl)ccc2O1. The van der Waals surface area contributed by atoms with Crippen molar-refractivity contribution in [2.75, 3.05) is 6.54 Å². The van der Waals surface area contributed by atoms with Crippen LogP contribution in [0.15, 0.2) is 29.6 Å². The zero-order valence-corrected chi connectivity index (χ0v) is 14.5. The van der Waals surface area contributed by atoms with Crippen LogP contribution in [0.25, 0.3) is 0 Å². The number of rotatable bonds is 2. The predicted molar refractivity (Wildman–Crippen MR) is 92.3 cm³/mol. The first-order chi connectivity index (χ1) is 11.2. The molecule has 0 unspecified atom stereocenters. The maximum absolute atomic E-state index is 13.0. The molecule has 0 radical (unpaired) electrons. The Morgan fingerprint density at radius 3 is 3.13 bits per heavy atom. The number of nitrogens with zero attached hydrogens (tertiary/aromatic N) is 1. The molecule has 0 saturated heterocycles. The lowest BCUT2D eigenvalue weighted by Gasteiger charge is -2.36. The summed E-state index contributed by atoms with van der Waals surface area (Å²) in [6.45, 7) is 2.92. The fraction of sp³-hybridized carbons (Fsp3) is 0.389. The monoisotopic (exact) mass is 347 g/mol. The van der Waals surface area contributed by atoms with E-state index in [1.807, 2.05) is 17.0 Å². The molecule has 120 valence electrons. The number of carbonyl (C=O) groups excluding carboxylic acids is 1. The molecule has 0 fully saturated rings. The van der Waals surface area contributed by atoms with E-state index < -0.39 is 6.10 Å². The van der Waals surface area contributed by atoms with Gasteiger partial charge in [0.05, 0.1) is 6.04 Å². The Balaban J connectivity index is 1.56. The summed E-state index contributed by atoms with van der Waals surface area (Å²) in [5.74, 6) is 0.884. The van der Waals surface area contributed by atoms with E-state index in [9.17, 15) is 4.79 Å². The highest BCUT2D eigenvalue weighted by Gasteiger charge is 2.37. The molecular weight excluding hydrogens is 330 g/mol. The highest BCUT2D eigenvalue weighted by molar-refractivity contribution is 7.10. The first-order valence-electron chi connectivity index (χ1n) is 7.99. The minimum Gasteiger partial charge on any atom is -0.480 e. The lowest BCUT2D eigenvalue weighted by atomic mass is 9.96. The fourth-order valence-corrected chi connectivity index (χ4v) is 4.76. The zero-order chi connectivity index (χ0) is 16.0. The van der Waals surface area contributed by atoms with Gasteiger partial charge in [0.25, 0.3) is 5.91 Å². The number of ether oxygens (including phenoxy) is 1. The lowest BCUT2D eigenvalue weighted by molar-refractivity contribution is -0.141. The second-order valence-corrected chi connectivity index (χ2v) is 7.50. The summed E-state index contributed by atoms with van der Waals surface area (Å²) in [6.07, 6.45) is 2.07. The van der Waals surface area contributed by atoms with E-state index in [0.29, 0.717) is 11.4 Å². The van der Waals surface area contributed by atoms with Gasteiger partial charge in [0, 0.05) is 22.9 Å². The van der Waals surface area contributed by atoms with Crippen molar-refractivity contribution in [2.24, 2.45) is 0 Å². The largest absolute Gasteiger partial charge is 0.480 e. The summed E-state index contributed by atoms with van der Waals surface area (Å²) >= 11 is 7.84. The Kier molecular flexibility index (Phi) is 3.82. The van der Waals surface area contributed by atoms with Crippen molar-refractivity contribution in [3.63, 3.8) is 0 Å². The van der Waals surface area contributed by atoms with Crippen molar-refractivity contribution in [3.05, 3.63) is 50.7 Å². The standard InChI is InChI=1S/C18H18ClNO2S/c1-2-14-13-6-8-23-17(13)5-7-20(14)18(21)16-10-11-9-12(19)3-4-15(11)22-16/h3-4,6,8-9,14,16H,2,5,7,10H2,1H3/t14-,16+/m0/s1. The molecule has 4 rings (SSSR count). The Labute approximate surface area is 144 Å². The van der Waals surface area contributed by atoms with Crippen molar-refractivity contribution in [3.8, 4) is 5.75 Å². The molecule has 0 spiro atoms. The van der Waals surface area contributed by atoms with Crippen molar-refractivity contribution in [1.29, 1.82) is 0 Å². The van der Waals surface area contributed by atoms with Crippen LogP contribution < -0.4 is 4.74 Å². The van der Waals surface area contributed by atoms with Gasteiger partial charge in [0.15, 0.2) is 6.10 Å². The Morgan fingerprint density at radius 1 is 1.43 bits per heavy atom. The summed E-state index contributed by atoms with van der Waals surface area (Å²) < 4.78 is 5.89. The average Bonchev–Trinajstić information content (AvgIpc) is 3.18. The quantitative estimate of drug-likeness (QED) is 0.813. The van der Waals surface area contributed by atoms with Crippen molar-refractivity contribution >= 4 is 28.8 Å². The highest BCUT2D eigenvalue weighted by Crippen LogP contribution is 2.37. The van der Waals surface area contributed by atoms with Crippen LogP contribution in [0, 0.1) is 0 Å². The molecule has 2 aromatic rings. The minimum atomic E-state index is -0.419. The number of halogens is 1. The molecule has 1 aromatic heterocycles. The number of hydrogen-bond acceptors (Lipinski definition) is 3. The maximum Gasteiger partial charge on any atom is 0.264 e. The third kappa shape index (κ3) is 2.54. The molecule has 0 aliphatic carbocycles. The molecule has 0 saturated carbocycles. The first-order valence-corrected chi connectivity index (χ1v) is 9.25. The average molecular weight is 348 g/mol. The lowest BCUT2D eigenvalue weighted by Crippen LogP contribution is -2.46. The van der Waals surface area contributed by atoms with Gasteiger partial charge in [0.1, 0.15) is 5.75 Å².